The summed E-state index contributed by atoms with van der Waals surface area (Å²) in [5.74, 6) is 1.04. The molecule has 4 heteroatoms. The van der Waals surface area contributed by atoms with Crippen LogP contribution in [0.1, 0.15) is 25.7 Å². The second-order valence-corrected chi connectivity index (χ2v) is 6.04. The minimum Gasteiger partial charge on any atom is -0.340 e. The molecule has 4 nitrogen and oxygen atoms in total. The maximum absolute atomic E-state index is 4.71. The summed E-state index contributed by atoms with van der Waals surface area (Å²) in [4.78, 5) is 13.2. The summed E-state index contributed by atoms with van der Waals surface area (Å²) < 4.78 is 0. The Morgan fingerprint density at radius 1 is 1.00 bits per heavy atom. The van der Waals surface area contributed by atoms with Crippen LogP contribution in [0.4, 0.5) is 5.95 Å². The van der Waals surface area contributed by atoms with E-state index in [4.69, 9.17) is 4.98 Å². The lowest BCUT2D eigenvalue weighted by atomic mass is 10.2. The fourth-order valence-corrected chi connectivity index (χ4v) is 3.66. The number of hydrogen-bond donors (Lipinski definition) is 1. The molecule has 1 saturated heterocycles. The van der Waals surface area contributed by atoms with E-state index in [0.29, 0.717) is 0 Å². The number of nitrogens with zero attached hydrogens (tertiary/aromatic N) is 3. The van der Waals surface area contributed by atoms with Crippen LogP contribution < -0.4 is 4.90 Å². The zero-order valence-electron chi connectivity index (χ0n) is 11.9. The molecular formula is C16H22N4. The van der Waals surface area contributed by atoms with E-state index >= 15 is 0 Å². The van der Waals surface area contributed by atoms with Crippen molar-refractivity contribution < 1.29 is 0 Å². The van der Waals surface area contributed by atoms with Crippen molar-refractivity contribution in [2.75, 3.05) is 31.1 Å². The average molecular weight is 270 g/mol. The van der Waals surface area contributed by atoms with Crippen molar-refractivity contribution in [3.8, 4) is 0 Å². The summed E-state index contributed by atoms with van der Waals surface area (Å²) in [5, 5.41) is 0. The zero-order chi connectivity index (χ0) is 13.4. The summed E-state index contributed by atoms with van der Waals surface area (Å²) in [6, 6.07) is 9.13. The average Bonchev–Trinajstić information content (AvgIpc) is 3.17. The normalized spacial score (nSPS) is 21.9. The number of imidazole rings is 1. The quantitative estimate of drug-likeness (QED) is 0.911. The van der Waals surface area contributed by atoms with Crippen molar-refractivity contribution in [3.05, 3.63) is 24.3 Å². The highest BCUT2D eigenvalue weighted by Crippen LogP contribution is 2.25. The monoisotopic (exact) mass is 270 g/mol. The second-order valence-electron chi connectivity index (χ2n) is 6.04. The van der Waals surface area contributed by atoms with Crippen LogP contribution in [0.2, 0.25) is 0 Å². The molecule has 20 heavy (non-hydrogen) atoms. The van der Waals surface area contributed by atoms with Gasteiger partial charge in [0.1, 0.15) is 0 Å². The highest BCUT2D eigenvalue weighted by atomic mass is 15.3. The topological polar surface area (TPSA) is 35.2 Å². The van der Waals surface area contributed by atoms with Crippen molar-refractivity contribution in [2.45, 2.75) is 31.7 Å². The van der Waals surface area contributed by atoms with E-state index in [0.717, 1.165) is 36.1 Å². The molecule has 1 aromatic heterocycles. The van der Waals surface area contributed by atoms with Crippen molar-refractivity contribution >= 4 is 17.0 Å². The fraction of sp³-hybridized carbons (Fsp3) is 0.562. The van der Waals surface area contributed by atoms with Crippen molar-refractivity contribution in [3.63, 3.8) is 0 Å². The number of H-pyrrole nitrogens is 1. The van der Waals surface area contributed by atoms with Crippen LogP contribution in [0.25, 0.3) is 11.0 Å². The minimum absolute atomic E-state index is 0.854. The minimum atomic E-state index is 0.854. The predicted octanol–water partition coefficient (Wildman–Crippen LogP) is 2.63. The summed E-state index contributed by atoms with van der Waals surface area (Å²) >= 11 is 0. The molecular weight excluding hydrogens is 248 g/mol. The van der Waals surface area contributed by atoms with Crippen LogP contribution in [-0.2, 0) is 0 Å². The molecule has 1 aliphatic heterocycles. The molecule has 0 unspecified atom stereocenters. The molecule has 2 aliphatic rings. The molecule has 1 saturated carbocycles. The lowest BCUT2D eigenvalue weighted by Gasteiger charge is -2.37. The number of hydrogen-bond acceptors (Lipinski definition) is 3. The van der Waals surface area contributed by atoms with Crippen LogP contribution in [-0.4, -0.2) is 47.1 Å². The van der Waals surface area contributed by atoms with Crippen LogP contribution in [0.15, 0.2) is 24.3 Å². The van der Waals surface area contributed by atoms with Crippen molar-refractivity contribution in [2.24, 2.45) is 0 Å². The van der Waals surface area contributed by atoms with E-state index in [1.807, 2.05) is 6.07 Å². The Labute approximate surface area is 119 Å². The first-order chi connectivity index (χ1) is 9.90. The smallest absolute Gasteiger partial charge is 0.203 e. The molecule has 2 fully saturated rings. The van der Waals surface area contributed by atoms with Crippen molar-refractivity contribution in [1.29, 1.82) is 0 Å². The number of aromatic amines is 1. The van der Waals surface area contributed by atoms with Gasteiger partial charge in [-0.3, -0.25) is 4.90 Å². The van der Waals surface area contributed by atoms with Gasteiger partial charge < -0.3 is 9.88 Å². The van der Waals surface area contributed by atoms with Gasteiger partial charge in [0.05, 0.1) is 11.0 Å². The molecule has 4 rings (SSSR count). The number of rotatable bonds is 2. The van der Waals surface area contributed by atoms with Gasteiger partial charge in [0.25, 0.3) is 0 Å². The predicted molar refractivity (Wildman–Crippen MR) is 82.1 cm³/mol. The van der Waals surface area contributed by atoms with E-state index in [9.17, 15) is 0 Å². The molecule has 0 spiro atoms. The van der Waals surface area contributed by atoms with Crippen LogP contribution in [0, 0.1) is 0 Å². The Hall–Kier alpha value is -1.55. The molecule has 0 bridgehead atoms. The van der Waals surface area contributed by atoms with Gasteiger partial charge in [-0.2, -0.15) is 0 Å². The van der Waals surface area contributed by atoms with E-state index < -0.39 is 0 Å². The van der Waals surface area contributed by atoms with Gasteiger partial charge in [0, 0.05) is 32.2 Å². The van der Waals surface area contributed by atoms with Gasteiger partial charge in [-0.15, -0.1) is 0 Å². The lowest BCUT2D eigenvalue weighted by Crippen LogP contribution is -2.50. The first kappa shape index (κ1) is 12.2. The summed E-state index contributed by atoms with van der Waals surface area (Å²) in [5.41, 5.74) is 2.21. The molecule has 106 valence electrons. The van der Waals surface area contributed by atoms with Gasteiger partial charge >= 0.3 is 0 Å². The molecule has 1 N–H and O–H groups in total. The molecule has 0 radical (unpaired) electrons. The van der Waals surface area contributed by atoms with Gasteiger partial charge in [0.2, 0.25) is 5.95 Å². The molecule has 1 aromatic carbocycles. The molecule has 0 amide bonds. The highest BCUT2D eigenvalue weighted by molar-refractivity contribution is 5.77. The number of para-hydroxylation sites is 2. The van der Waals surface area contributed by atoms with E-state index in [2.05, 4.69) is 33.0 Å². The molecule has 0 atom stereocenters. The van der Waals surface area contributed by atoms with Gasteiger partial charge in [0.15, 0.2) is 0 Å². The van der Waals surface area contributed by atoms with Crippen LogP contribution in [0.3, 0.4) is 0 Å². The molecule has 1 aliphatic carbocycles. The number of benzene rings is 1. The summed E-state index contributed by atoms with van der Waals surface area (Å²) in [6.45, 7) is 4.55. The molecule has 2 aromatic rings. The third kappa shape index (κ3) is 2.18. The number of fused-ring (bicyclic) bond motifs is 1. The van der Waals surface area contributed by atoms with E-state index in [-0.39, 0.29) is 0 Å². The van der Waals surface area contributed by atoms with Crippen LogP contribution in [0.5, 0.6) is 0 Å². The lowest BCUT2D eigenvalue weighted by molar-refractivity contribution is 0.187. The zero-order valence-corrected chi connectivity index (χ0v) is 11.9. The third-order valence-electron chi connectivity index (χ3n) is 4.83. The largest absolute Gasteiger partial charge is 0.340 e. The highest BCUT2D eigenvalue weighted by Gasteiger charge is 2.26. The Kier molecular flexibility index (Phi) is 3.11. The third-order valence-corrected chi connectivity index (χ3v) is 4.83. The first-order valence-electron chi connectivity index (χ1n) is 7.84. The Bertz CT molecular complexity index is 544. The van der Waals surface area contributed by atoms with Gasteiger partial charge in [-0.05, 0) is 25.0 Å². The second kappa shape index (κ2) is 5.09. The maximum Gasteiger partial charge on any atom is 0.203 e. The van der Waals surface area contributed by atoms with Crippen LogP contribution >= 0.6 is 0 Å². The van der Waals surface area contributed by atoms with E-state index in [1.54, 1.807) is 0 Å². The standard InChI is InChI=1S/C16H22N4/c1-2-6-13(5-1)19-9-11-20(12-10-19)16-17-14-7-3-4-8-15(14)18-16/h3-4,7-8,13H,1-2,5-6,9-12H2,(H,17,18). The molecule has 2 heterocycles. The van der Waals surface area contributed by atoms with Gasteiger partial charge in [-0.25, -0.2) is 4.98 Å². The number of anilines is 1. The Balaban J connectivity index is 1.45. The summed E-state index contributed by atoms with van der Waals surface area (Å²) in [7, 11) is 0. The summed E-state index contributed by atoms with van der Waals surface area (Å²) in [6.07, 6.45) is 5.66. The van der Waals surface area contributed by atoms with Gasteiger partial charge in [-0.1, -0.05) is 25.0 Å². The fourth-order valence-electron chi connectivity index (χ4n) is 3.66. The number of aromatic nitrogens is 2. The SMILES string of the molecule is c1ccc2[nH]c(N3CCN(C4CCCC4)CC3)nc2c1. The van der Waals surface area contributed by atoms with Crippen molar-refractivity contribution in [1.82, 2.24) is 14.9 Å². The van der Waals surface area contributed by atoms with E-state index in [1.165, 1.54) is 38.8 Å². The number of nitrogens with one attached hydrogen (secondary N) is 1. The Morgan fingerprint density at radius 2 is 1.75 bits per heavy atom. The maximum atomic E-state index is 4.71. The number of piperazine rings is 1. The first-order valence-corrected chi connectivity index (χ1v) is 7.84. The Morgan fingerprint density at radius 3 is 2.50 bits per heavy atom.